The zero-order chi connectivity index (χ0) is 27.6. The molecule has 0 bridgehead atoms. The molecule has 1 aliphatic carbocycles. The van der Waals surface area contributed by atoms with E-state index in [0.29, 0.717) is 19.3 Å². The fourth-order valence-corrected chi connectivity index (χ4v) is 5.73. The van der Waals surface area contributed by atoms with E-state index in [9.17, 15) is 35.4 Å². The van der Waals surface area contributed by atoms with Crippen LogP contribution in [0.3, 0.4) is 0 Å². The topological polar surface area (TPSA) is 194 Å². The summed E-state index contributed by atoms with van der Waals surface area (Å²) in [7, 11) is 0. The Morgan fingerprint density at radius 1 is 0.816 bits per heavy atom. The summed E-state index contributed by atoms with van der Waals surface area (Å²) < 4.78 is 35.9. The van der Waals surface area contributed by atoms with Gasteiger partial charge in [0.25, 0.3) is 0 Å². The number of carbonyl (C=O) groups is 1. The van der Waals surface area contributed by atoms with Gasteiger partial charge in [0, 0.05) is 6.61 Å². The predicted molar refractivity (Wildman–Crippen MR) is 127 cm³/mol. The minimum Gasteiger partial charge on any atom is -0.479 e. The van der Waals surface area contributed by atoms with E-state index in [1.54, 1.807) is 6.92 Å². The molecule has 13 nitrogen and oxygen atoms in total. The van der Waals surface area contributed by atoms with Gasteiger partial charge in [0.2, 0.25) is 0 Å². The van der Waals surface area contributed by atoms with Gasteiger partial charge in [-0.05, 0) is 44.9 Å². The van der Waals surface area contributed by atoms with E-state index in [1.165, 1.54) is 0 Å². The molecule has 0 aromatic carbocycles. The Balaban J connectivity index is 1.54. The van der Waals surface area contributed by atoms with E-state index < -0.39 is 92.3 Å². The standard InChI is InChI=1S/C25H42O13/c1-11-6-5-8-13(20(11)38-24-19(30)18(29)16(27)12(2)34-24)36-25-22-21(17(28)15(10-26)37-25)35-14(23(31)32)7-3-4-9-33-22/h11-22,24-30H,3-10H2,1-2H3,(H,31,32)/t11-,12?,13-,14-,15?,16-,17+,18?,19+,20?,21?,22?,24+,25-/m1/s1. The maximum atomic E-state index is 11.8. The first kappa shape index (κ1) is 30.0. The molecule has 6 N–H and O–H groups in total. The molecule has 14 atom stereocenters. The van der Waals surface area contributed by atoms with Crippen LogP contribution >= 0.6 is 0 Å². The predicted octanol–water partition coefficient (Wildman–Crippen LogP) is -1.11. The van der Waals surface area contributed by atoms with Crippen LogP contribution in [0.1, 0.15) is 52.4 Å². The van der Waals surface area contributed by atoms with E-state index in [1.807, 2.05) is 6.92 Å². The lowest BCUT2D eigenvalue weighted by Gasteiger charge is -2.47. The summed E-state index contributed by atoms with van der Waals surface area (Å²) in [5.74, 6) is -1.18. The van der Waals surface area contributed by atoms with Crippen molar-refractivity contribution in [2.45, 2.75) is 132 Å². The number of aliphatic carboxylic acids is 1. The van der Waals surface area contributed by atoms with Gasteiger partial charge in [-0.15, -0.1) is 0 Å². The molecule has 220 valence electrons. The lowest BCUT2D eigenvalue weighted by atomic mass is 9.85. The second-order valence-electron chi connectivity index (χ2n) is 10.8. The highest BCUT2D eigenvalue weighted by Crippen LogP contribution is 2.36. The van der Waals surface area contributed by atoms with Crippen LogP contribution in [0.4, 0.5) is 0 Å². The minimum atomic E-state index is -1.47. The molecule has 0 aromatic heterocycles. The maximum absolute atomic E-state index is 11.8. The summed E-state index contributed by atoms with van der Waals surface area (Å²) in [6.07, 6.45) is -10.6. The molecule has 3 aliphatic heterocycles. The van der Waals surface area contributed by atoms with Crippen molar-refractivity contribution < 1.29 is 63.9 Å². The molecular weight excluding hydrogens is 508 g/mol. The van der Waals surface area contributed by atoms with Crippen LogP contribution in [0.15, 0.2) is 0 Å². The number of carboxylic acid groups (broad SMARTS) is 1. The van der Waals surface area contributed by atoms with Gasteiger partial charge in [0.1, 0.15) is 42.7 Å². The monoisotopic (exact) mass is 550 g/mol. The van der Waals surface area contributed by atoms with Crippen LogP contribution in [0, 0.1) is 5.92 Å². The van der Waals surface area contributed by atoms with Crippen molar-refractivity contribution in [3.05, 3.63) is 0 Å². The van der Waals surface area contributed by atoms with Gasteiger partial charge < -0.3 is 59.1 Å². The Labute approximate surface area is 221 Å². The first-order chi connectivity index (χ1) is 18.1. The Hall–Kier alpha value is -0.970. The smallest absolute Gasteiger partial charge is 0.332 e. The largest absolute Gasteiger partial charge is 0.479 e. The van der Waals surface area contributed by atoms with Crippen LogP contribution < -0.4 is 0 Å². The van der Waals surface area contributed by atoms with Crippen LogP contribution in [-0.4, -0.2) is 130 Å². The molecule has 4 fully saturated rings. The van der Waals surface area contributed by atoms with Crippen LogP contribution in [0.2, 0.25) is 0 Å². The molecule has 0 radical (unpaired) electrons. The average Bonchev–Trinajstić information content (AvgIpc) is 3.00. The molecule has 3 saturated heterocycles. The number of rotatable bonds is 6. The number of hydrogen-bond donors (Lipinski definition) is 6. The summed E-state index contributed by atoms with van der Waals surface area (Å²) in [5.41, 5.74) is 0. The molecule has 4 rings (SSSR count). The second kappa shape index (κ2) is 13.1. The van der Waals surface area contributed by atoms with E-state index in [4.69, 9.17) is 28.4 Å². The van der Waals surface area contributed by atoms with Crippen LogP contribution in [0.5, 0.6) is 0 Å². The van der Waals surface area contributed by atoms with Gasteiger partial charge in [0.05, 0.1) is 24.9 Å². The lowest BCUT2D eigenvalue weighted by molar-refractivity contribution is -0.352. The summed E-state index contributed by atoms with van der Waals surface area (Å²) in [6, 6.07) is 0. The Bertz CT molecular complexity index is 770. The molecule has 0 spiro atoms. The van der Waals surface area contributed by atoms with E-state index >= 15 is 0 Å². The number of fused-ring (bicyclic) bond motifs is 1. The highest BCUT2D eigenvalue weighted by atomic mass is 16.7. The fraction of sp³-hybridized carbons (Fsp3) is 0.960. The van der Waals surface area contributed by atoms with Gasteiger partial charge in [-0.2, -0.15) is 0 Å². The highest BCUT2D eigenvalue weighted by molar-refractivity contribution is 5.72. The van der Waals surface area contributed by atoms with Crippen molar-refractivity contribution >= 4 is 5.97 Å². The van der Waals surface area contributed by atoms with Gasteiger partial charge in [-0.1, -0.05) is 13.3 Å². The molecule has 1 saturated carbocycles. The SMILES string of the molecule is CC1O[C@@H](OC2[C@H](C)CCC[C@H]2O[C@@H]2OC(CO)[C@H](O)C3O[C@@H](C(=O)O)CCCCOC32)[C@@H](O)C(O)[C@@H]1O. The summed E-state index contributed by atoms with van der Waals surface area (Å²) in [5, 5.41) is 61.1. The van der Waals surface area contributed by atoms with Crippen molar-refractivity contribution in [1.82, 2.24) is 0 Å². The van der Waals surface area contributed by atoms with Gasteiger partial charge in [-0.25, -0.2) is 4.79 Å². The quantitative estimate of drug-likeness (QED) is 0.233. The van der Waals surface area contributed by atoms with Crippen molar-refractivity contribution in [2.24, 2.45) is 5.92 Å². The number of carboxylic acids is 1. The first-order valence-electron chi connectivity index (χ1n) is 13.6. The first-order valence-corrected chi connectivity index (χ1v) is 13.6. The van der Waals surface area contributed by atoms with E-state index in [0.717, 1.165) is 12.8 Å². The molecule has 3 heterocycles. The molecule has 38 heavy (non-hydrogen) atoms. The van der Waals surface area contributed by atoms with Crippen LogP contribution in [0.25, 0.3) is 0 Å². The van der Waals surface area contributed by atoms with Gasteiger partial charge in [-0.3, -0.25) is 0 Å². The number of hydrogen-bond acceptors (Lipinski definition) is 12. The number of ether oxygens (including phenoxy) is 6. The average molecular weight is 551 g/mol. The zero-order valence-electron chi connectivity index (χ0n) is 21.8. The Morgan fingerprint density at radius 3 is 2.29 bits per heavy atom. The van der Waals surface area contributed by atoms with E-state index in [2.05, 4.69) is 0 Å². The van der Waals surface area contributed by atoms with Crippen molar-refractivity contribution in [3.63, 3.8) is 0 Å². The number of aliphatic hydroxyl groups excluding tert-OH is 5. The molecule has 13 heteroatoms. The van der Waals surface area contributed by atoms with Gasteiger partial charge >= 0.3 is 5.97 Å². The van der Waals surface area contributed by atoms with Crippen molar-refractivity contribution in [3.8, 4) is 0 Å². The van der Waals surface area contributed by atoms with E-state index in [-0.39, 0.29) is 18.9 Å². The van der Waals surface area contributed by atoms with Crippen molar-refractivity contribution in [2.75, 3.05) is 13.2 Å². The Kier molecular flexibility index (Phi) is 10.4. The molecule has 4 aliphatic rings. The highest BCUT2D eigenvalue weighted by Gasteiger charge is 2.51. The second-order valence-corrected chi connectivity index (χ2v) is 10.8. The third-order valence-electron chi connectivity index (χ3n) is 8.05. The molecule has 6 unspecified atom stereocenters. The van der Waals surface area contributed by atoms with Gasteiger partial charge in [0.15, 0.2) is 18.7 Å². The fourth-order valence-electron chi connectivity index (χ4n) is 5.73. The minimum absolute atomic E-state index is 0.0310. The van der Waals surface area contributed by atoms with Crippen LogP contribution in [-0.2, 0) is 33.2 Å². The molecule has 0 aromatic rings. The summed E-state index contributed by atoms with van der Waals surface area (Å²) >= 11 is 0. The summed E-state index contributed by atoms with van der Waals surface area (Å²) in [6.45, 7) is 3.26. The number of aliphatic hydroxyl groups is 5. The molecule has 0 amide bonds. The third-order valence-corrected chi connectivity index (χ3v) is 8.05. The Morgan fingerprint density at radius 2 is 1.58 bits per heavy atom. The lowest BCUT2D eigenvalue weighted by Crippen LogP contribution is -2.63. The third kappa shape index (κ3) is 6.50. The normalized spacial score (nSPS) is 48.8. The van der Waals surface area contributed by atoms with Crippen molar-refractivity contribution in [1.29, 1.82) is 0 Å². The maximum Gasteiger partial charge on any atom is 0.332 e. The zero-order valence-corrected chi connectivity index (χ0v) is 21.8. The molecular formula is C25H42O13. The summed E-state index contributed by atoms with van der Waals surface area (Å²) in [4.78, 5) is 11.8.